The predicted octanol–water partition coefficient (Wildman–Crippen LogP) is 2.41. The van der Waals surface area contributed by atoms with Gasteiger partial charge in [0.05, 0.1) is 31.8 Å². The highest BCUT2D eigenvalue weighted by atomic mass is 32.2. The number of aromatic nitrogens is 3. The Hall–Kier alpha value is -2.86. The highest BCUT2D eigenvalue weighted by Crippen LogP contribution is 2.38. The van der Waals surface area contributed by atoms with Crippen LogP contribution in [-0.2, 0) is 10.3 Å². The number of halogens is 2. The molecule has 1 aliphatic heterocycles. The molecule has 0 bridgehead atoms. The van der Waals surface area contributed by atoms with Crippen LogP contribution in [0.1, 0.15) is 29.5 Å². The van der Waals surface area contributed by atoms with Gasteiger partial charge in [-0.25, -0.2) is 15.0 Å². The minimum absolute atomic E-state index is 0.112. The number of aliphatic imine (C=N–C) groups is 1. The summed E-state index contributed by atoms with van der Waals surface area (Å²) in [4.78, 5) is 29.2. The number of hydrogen-bond donors (Lipinski definition) is 2. The van der Waals surface area contributed by atoms with Crippen molar-refractivity contribution in [2.75, 3.05) is 19.0 Å². The number of amides is 1. The van der Waals surface area contributed by atoms with Crippen LogP contribution in [0.2, 0.25) is 0 Å². The number of alkyl halides is 2. The van der Waals surface area contributed by atoms with Gasteiger partial charge in [0.25, 0.3) is 5.91 Å². The van der Waals surface area contributed by atoms with E-state index < -0.39 is 18.1 Å². The Morgan fingerprint density at radius 2 is 2.20 bits per heavy atom. The van der Waals surface area contributed by atoms with Gasteiger partial charge in [0.1, 0.15) is 11.2 Å². The summed E-state index contributed by atoms with van der Waals surface area (Å²) in [6, 6.07) is 3.27. The summed E-state index contributed by atoms with van der Waals surface area (Å²) in [6.45, 7) is -1.21. The number of rotatable bonds is 7. The molecule has 0 fully saturated rings. The van der Waals surface area contributed by atoms with E-state index in [4.69, 9.17) is 10.5 Å². The number of nitrogens with zero attached hydrogens (tertiary/aromatic N) is 4. The van der Waals surface area contributed by atoms with Gasteiger partial charge >= 0.3 is 6.61 Å². The van der Waals surface area contributed by atoms with Crippen LogP contribution in [0.5, 0.6) is 5.88 Å². The van der Waals surface area contributed by atoms with Crippen molar-refractivity contribution < 1.29 is 23.0 Å². The van der Waals surface area contributed by atoms with Crippen LogP contribution in [-0.4, -0.2) is 51.6 Å². The Labute approximate surface area is 175 Å². The molecular formula is C18H20F2N6O3S. The summed E-state index contributed by atoms with van der Waals surface area (Å²) in [5.74, 6) is -0.167. The van der Waals surface area contributed by atoms with Crippen LogP contribution in [0.25, 0.3) is 0 Å². The third-order valence-electron chi connectivity index (χ3n) is 4.32. The molecule has 2 aromatic heterocycles. The van der Waals surface area contributed by atoms with Gasteiger partial charge in [-0.05, 0) is 25.5 Å². The second-order valence-corrected chi connectivity index (χ2v) is 7.91. The lowest BCUT2D eigenvalue weighted by molar-refractivity contribution is -0.128. The van der Waals surface area contributed by atoms with E-state index in [1.807, 2.05) is 0 Å². The average Bonchev–Trinajstić information content (AvgIpc) is 2.72. The Kier molecular flexibility index (Phi) is 6.77. The number of carbonyl (C=O) groups excluding carboxylic acids is 1. The highest BCUT2D eigenvalue weighted by Gasteiger charge is 2.36. The van der Waals surface area contributed by atoms with Crippen LogP contribution in [0, 0.1) is 0 Å². The fourth-order valence-electron chi connectivity index (χ4n) is 2.94. The third kappa shape index (κ3) is 5.39. The molecule has 0 saturated heterocycles. The highest BCUT2D eigenvalue weighted by molar-refractivity contribution is 8.14. The average molecular weight is 438 g/mol. The Bertz CT molecular complexity index is 930. The van der Waals surface area contributed by atoms with Crippen molar-refractivity contribution in [2.24, 2.45) is 10.7 Å². The maximum Gasteiger partial charge on any atom is 0.345 e. The summed E-state index contributed by atoms with van der Waals surface area (Å²) < 4.78 is 34.2. The number of hydrogen-bond acceptors (Lipinski definition) is 9. The van der Waals surface area contributed by atoms with E-state index in [9.17, 15) is 13.6 Å². The lowest BCUT2D eigenvalue weighted by Crippen LogP contribution is -2.36. The summed E-state index contributed by atoms with van der Waals surface area (Å²) >= 11 is 1.19. The summed E-state index contributed by atoms with van der Waals surface area (Å²) in [6.07, 6.45) is 4.55. The first-order valence-electron chi connectivity index (χ1n) is 8.85. The zero-order chi connectivity index (χ0) is 21.7. The van der Waals surface area contributed by atoms with Crippen molar-refractivity contribution in [1.29, 1.82) is 0 Å². The van der Waals surface area contributed by atoms with E-state index in [2.05, 4.69) is 30.0 Å². The molecule has 0 saturated carbocycles. The van der Waals surface area contributed by atoms with Gasteiger partial charge in [-0.1, -0.05) is 11.8 Å². The summed E-state index contributed by atoms with van der Waals surface area (Å²) in [7, 11) is 1.45. The van der Waals surface area contributed by atoms with Crippen LogP contribution in [0.15, 0.2) is 35.7 Å². The normalized spacial score (nSPS) is 21.2. The molecule has 0 aromatic carbocycles. The maximum absolute atomic E-state index is 12.4. The third-order valence-corrected chi connectivity index (χ3v) is 5.29. The van der Waals surface area contributed by atoms with E-state index >= 15 is 0 Å². The predicted molar refractivity (Wildman–Crippen MR) is 108 cm³/mol. The fraction of sp³-hybridized carbons (Fsp3) is 0.389. The molecule has 2 atom stereocenters. The van der Waals surface area contributed by atoms with Crippen LogP contribution < -0.4 is 15.8 Å². The number of thioether (sulfide) groups is 1. The Balaban J connectivity index is 1.76. The zero-order valence-corrected chi connectivity index (χ0v) is 17.0. The minimum atomic E-state index is -2.85. The van der Waals surface area contributed by atoms with Gasteiger partial charge in [0.15, 0.2) is 5.17 Å². The quantitative estimate of drug-likeness (QED) is 0.675. The second-order valence-electron chi connectivity index (χ2n) is 6.59. The molecule has 30 heavy (non-hydrogen) atoms. The van der Waals surface area contributed by atoms with Crippen LogP contribution in [0.4, 0.5) is 14.5 Å². The molecule has 0 aliphatic carbocycles. The van der Waals surface area contributed by atoms with Crippen LogP contribution >= 0.6 is 11.8 Å². The summed E-state index contributed by atoms with van der Waals surface area (Å²) in [5, 5.41) is 2.68. The molecule has 1 aliphatic rings. The first-order chi connectivity index (χ1) is 14.3. The first-order valence-corrected chi connectivity index (χ1v) is 9.72. The van der Waals surface area contributed by atoms with Crippen molar-refractivity contribution >= 4 is 28.5 Å². The molecule has 3 heterocycles. The molecular weight excluding hydrogens is 418 g/mol. The minimum Gasteiger partial charge on any atom is -0.480 e. The van der Waals surface area contributed by atoms with E-state index in [1.54, 1.807) is 19.1 Å². The Morgan fingerprint density at radius 3 is 2.87 bits per heavy atom. The van der Waals surface area contributed by atoms with Gasteiger partial charge in [-0.2, -0.15) is 8.78 Å². The van der Waals surface area contributed by atoms with Gasteiger partial charge in [-0.15, -0.1) is 0 Å². The lowest BCUT2D eigenvalue weighted by Gasteiger charge is -2.33. The maximum atomic E-state index is 12.4. The molecule has 3 N–H and O–H groups in total. The molecule has 9 nitrogen and oxygen atoms in total. The SMILES string of the molecule is COc1cnc(C(=O)Nc2ccnc([C@]3(C)C[C@@H](COC(F)F)SC(N)=N3)c2)cn1. The number of anilines is 1. The van der Waals surface area contributed by atoms with E-state index in [0.29, 0.717) is 23.7 Å². The van der Waals surface area contributed by atoms with Gasteiger partial charge < -0.3 is 20.5 Å². The molecule has 0 radical (unpaired) electrons. The topological polar surface area (TPSA) is 125 Å². The zero-order valence-electron chi connectivity index (χ0n) is 16.2. The molecule has 0 spiro atoms. The molecule has 1 amide bonds. The standard InChI is InChI=1S/C18H20F2N6O3S/c1-18(6-11(9-29-16(19)20)30-17(21)26-18)13-5-10(3-4-22-13)25-15(27)12-7-24-14(28-2)8-23-12/h3-5,7-8,11,16H,6,9H2,1-2H3,(H2,21,26)(H,22,25,27)/t11-,18-/m0/s1. The first kappa shape index (κ1) is 21.8. The molecule has 0 unspecified atom stereocenters. The summed E-state index contributed by atoms with van der Waals surface area (Å²) in [5.41, 5.74) is 6.17. The van der Waals surface area contributed by atoms with Gasteiger partial charge in [-0.3, -0.25) is 9.78 Å². The number of amidine groups is 1. The number of pyridine rings is 1. The number of methoxy groups -OCH3 is 1. The monoisotopic (exact) mass is 438 g/mol. The number of nitrogens with one attached hydrogen (secondary N) is 1. The van der Waals surface area contributed by atoms with E-state index in [0.717, 1.165) is 0 Å². The molecule has 3 rings (SSSR count). The van der Waals surface area contributed by atoms with Crippen molar-refractivity contribution in [1.82, 2.24) is 15.0 Å². The number of carbonyl (C=O) groups is 1. The van der Waals surface area contributed by atoms with Crippen molar-refractivity contribution in [3.05, 3.63) is 42.1 Å². The molecule has 12 heteroatoms. The van der Waals surface area contributed by atoms with Gasteiger partial charge in [0, 0.05) is 17.1 Å². The second kappa shape index (κ2) is 9.30. The van der Waals surface area contributed by atoms with Crippen molar-refractivity contribution in [3.63, 3.8) is 0 Å². The molecule has 160 valence electrons. The fourth-order valence-corrected chi connectivity index (χ4v) is 4.09. The van der Waals surface area contributed by atoms with E-state index in [-0.39, 0.29) is 22.7 Å². The van der Waals surface area contributed by atoms with E-state index in [1.165, 1.54) is 37.5 Å². The van der Waals surface area contributed by atoms with Crippen molar-refractivity contribution in [2.45, 2.75) is 30.7 Å². The van der Waals surface area contributed by atoms with Crippen molar-refractivity contribution in [3.8, 4) is 5.88 Å². The molecule has 2 aromatic rings. The Morgan fingerprint density at radius 1 is 1.40 bits per heavy atom. The largest absolute Gasteiger partial charge is 0.480 e. The smallest absolute Gasteiger partial charge is 0.345 e. The van der Waals surface area contributed by atoms with Gasteiger partial charge in [0.2, 0.25) is 5.88 Å². The van der Waals surface area contributed by atoms with Crippen LogP contribution in [0.3, 0.4) is 0 Å². The lowest BCUT2D eigenvalue weighted by atomic mass is 9.91. The number of nitrogens with two attached hydrogens (primary N) is 1. The number of ether oxygens (including phenoxy) is 2.